The van der Waals surface area contributed by atoms with Crippen LogP contribution < -0.4 is 11.1 Å². The zero-order chi connectivity index (χ0) is 13.8. The first kappa shape index (κ1) is 17.2. The molecule has 0 spiro atoms. The van der Waals surface area contributed by atoms with E-state index in [-0.39, 0.29) is 34.9 Å². The summed E-state index contributed by atoms with van der Waals surface area (Å²) in [6, 6.07) is 4.31. The van der Waals surface area contributed by atoms with Crippen LogP contribution in [0.2, 0.25) is 5.02 Å². The van der Waals surface area contributed by atoms with E-state index in [0.717, 1.165) is 25.7 Å². The van der Waals surface area contributed by atoms with Crippen LogP contribution in [0.4, 0.5) is 4.39 Å². The van der Waals surface area contributed by atoms with E-state index in [0.29, 0.717) is 12.5 Å². The smallest absolute Gasteiger partial charge is 0.253 e. The fourth-order valence-electron chi connectivity index (χ4n) is 2.61. The Labute approximate surface area is 129 Å². The SMILES string of the molecule is Cl.NCC1CCCCC1NC(=O)c1cccc(F)c1Cl. The number of amides is 1. The predicted octanol–water partition coefficient (Wildman–Crippen LogP) is 3.15. The Bertz CT molecular complexity index is 470. The standard InChI is InChI=1S/C14H18ClFN2O.ClH/c15-13-10(5-3-6-11(13)16)14(19)18-12-7-2-1-4-9(12)8-17;/h3,5-6,9,12H,1-2,4,7-8,17H2,(H,18,19);1H. The molecule has 1 aromatic rings. The largest absolute Gasteiger partial charge is 0.349 e. The molecule has 1 aliphatic rings. The van der Waals surface area contributed by atoms with Crippen LogP contribution in [0.3, 0.4) is 0 Å². The molecule has 3 N–H and O–H groups in total. The Hall–Kier alpha value is -0.840. The average molecular weight is 321 g/mol. The van der Waals surface area contributed by atoms with Crippen molar-refractivity contribution in [1.29, 1.82) is 0 Å². The lowest BCUT2D eigenvalue weighted by molar-refractivity contribution is 0.0908. The van der Waals surface area contributed by atoms with Crippen molar-refractivity contribution < 1.29 is 9.18 Å². The van der Waals surface area contributed by atoms with Gasteiger partial charge in [0.15, 0.2) is 0 Å². The molecule has 0 radical (unpaired) electrons. The van der Waals surface area contributed by atoms with Crippen LogP contribution in [0.5, 0.6) is 0 Å². The number of hydrogen-bond acceptors (Lipinski definition) is 2. The number of carbonyl (C=O) groups excluding carboxylic acids is 1. The van der Waals surface area contributed by atoms with Crippen molar-refractivity contribution in [2.45, 2.75) is 31.7 Å². The third-order valence-electron chi connectivity index (χ3n) is 3.72. The molecule has 1 amide bonds. The molecule has 2 atom stereocenters. The first-order valence-corrected chi connectivity index (χ1v) is 6.96. The summed E-state index contributed by atoms with van der Waals surface area (Å²) in [5.74, 6) is -0.603. The molecule has 20 heavy (non-hydrogen) atoms. The molecule has 0 heterocycles. The van der Waals surface area contributed by atoms with E-state index in [4.69, 9.17) is 17.3 Å². The Morgan fingerprint density at radius 2 is 2.10 bits per heavy atom. The van der Waals surface area contributed by atoms with E-state index in [1.807, 2.05) is 0 Å². The van der Waals surface area contributed by atoms with Crippen molar-refractivity contribution in [2.24, 2.45) is 11.7 Å². The second-order valence-corrected chi connectivity index (χ2v) is 5.34. The molecule has 1 aliphatic carbocycles. The topological polar surface area (TPSA) is 55.1 Å². The number of hydrogen-bond donors (Lipinski definition) is 2. The molecule has 1 fully saturated rings. The van der Waals surface area contributed by atoms with Crippen molar-refractivity contribution in [1.82, 2.24) is 5.32 Å². The van der Waals surface area contributed by atoms with Crippen LogP contribution in [-0.4, -0.2) is 18.5 Å². The van der Waals surface area contributed by atoms with Gasteiger partial charge in [-0.05, 0) is 37.4 Å². The third-order valence-corrected chi connectivity index (χ3v) is 4.11. The van der Waals surface area contributed by atoms with E-state index < -0.39 is 5.82 Å². The molecule has 0 saturated heterocycles. The van der Waals surface area contributed by atoms with Gasteiger partial charge < -0.3 is 11.1 Å². The van der Waals surface area contributed by atoms with Gasteiger partial charge in [0.05, 0.1) is 10.6 Å². The lowest BCUT2D eigenvalue weighted by atomic mass is 9.84. The first-order chi connectivity index (χ1) is 9.13. The summed E-state index contributed by atoms with van der Waals surface area (Å²) in [6.07, 6.45) is 4.17. The van der Waals surface area contributed by atoms with E-state index in [1.165, 1.54) is 18.2 Å². The Kier molecular flexibility index (Phi) is 6.72. The number of carbonyl (C=O) groups is 1. The quantitative estimate of drug-likeness (QED) is 0.898. The maximum atomic E-state index is 13.3. The molecular formula is C14H19Cl2FN2O. The molecule has 2 unspecified atom stereocenters. The van der Waals surface area contributed by atoms with E-state index in [2.05, 4.69) is 5.32 Å². The lowest BCUT2D eigenvalue weighted by Crippen LogP contribution is -2.44. The number of rotatable bonds is 3. The van der Waals surface area contributed by atoms with Gasteiger partial charge in [0, 0.05) is 6.04 Å². The molecular weight excluding hydrogens is 302 g/mol. The van der Waals surface area contributed by atoms with Gasteiger partial charge in [0.2, 0.25) is 0 Å². The van der Waals surface area contributed by atoms with Gasteiger partial charge in [-0.3, -0.25) is 4.79 Å². The monoisotopic (exact) mass is 320 g/mol. The van der Waals surface area contributed by atoms with Crippen LogP contribution in [0.25, 0.3) is 0 Å². The highest BCUT2D eigenvalue weighted by Gasteiger charge is 2.26. The van der Waals surface area contributed by atoms with Crippen molar-refractivity contribution in [3.63, 3.8) is 0 Å². The minimum atomic E-state index is -0.576. The Morgan fingerprint density at radius 3 is 2.80 bits per heavy atom. The second kappa shape index (κ2) is 7.81. The van der Waals surface area contributed by atoms with Gasteiger partial charge in [-0.25, -0.2) is 4.39 Å². The fraction of sp³-hybridized carbons (Fsp3) is 0.500. The molecule has 1 aromatic carbocycles. The first-order valence-electron chi connectivity index (χ1n) is 6.58. The molecule has 6 heteroatoms. The highest BCUT2D eigenvalue weighted by molar-refractivity contribution is 6.34. The normalized spacial score (nSPS) is 21.9. The van der Waals surface area contributed by atoms with E-state index in [9.17, 15) is 9.18 Å². The molecule has 0 bridgehead atoms. The van der Waals surface area contributed by atoms with Gasteiger partial charge in [-0.15, -0.1) is 12.4 Å². The summed E-state index contributed by atoms with van der Waals surface area (Å²) in [4.78, 5) is 12.1. The number of benzene rings is 1. The molecule has 3 nitrogen and oxygen atoms in total. The van der Waals surface area contributed by atoms with Gasteiger partial charge >= 0.3 is 0 Å². The van der Waals surface area contributed by atoms with Crippen LogP contribution >= 0.6 is 24.0 Å². The average Bonchev–Trinajstić information content (AvgIpc) is 2.42. The maximum Gasteiger partial charge on any atom is 0.253 e. The molecule has 1 saturated carbocycles. The van der Waals surface area contributed by atoms with E-state index in [1.54, 1.807) is 0 Å². The van der Waals surface area contributed by atoms with Crippen molar-refractivity contribution in [2.75, 3.05) is 6.54 Å². The minimum Gasteiger partial charge on any atom is -0.349 e. The lowest BCUT2D eigenvalue weighted by Gasteiger charge is -2.31. The summed E-state index contributed by atoms with van der Waals surface area (Å²) in [6.45, 7) is 0.557. The third kappa shape index (κ3) is 3.84. The summed E-state index contributed by atoms with van der Waals surface area (Å²) in [5, 5.41) is 2.81. The van der Waals surface area contributed by atoms with Crippen molar-refractivity contribution in [3.05, 3.63) is 34.6 Å². The maximum absolute atomic E-state index is 13.3. The summed E-state index contributed by atoms with van der Waals surface area (Å²) in [5.41, 5.74) is 5.91. The second-order valence-electron chi connectivity index (χ2n) is 4.96. The highest BCUT2D eigenvalue weighted by atomic mass is 35.5. The van der Waals surface area contributed by atoms with Gasteiger partial charge in [0.25, 0.3) is 5.91 Å². The van der Waals surface area contributed by atoms with Gasteiger partial charge in [-0.2, -0.15) is 0 Å². The minimum absolute atomic E-state index is 0. The van der Waals surface area contributed by atoms with Crippen LogP contribution in [0.1, 0.15) is 36.0 Å². The highest BCUT2D eigenvalue weighted by Crippen LogP contribution is 2.25. The van der Waals surface area contributed by atoms with Crippen molar-refractivity contribution in [3.8, 4) is 0 Å². The van der Waals surface area contributed by atoms with E-state index >= 15 is 0 Å². The van der Waals surface area contributed by atoms with Gasteiger partial charge in [0.1, 0.15) is 5.82 Å². The predicted molar refractivity (Wildman–Crippen MR) is 80.9 cm³/mol. The molecule has 2 rings (SSSR count). The summed E-state index contributed by atoms with van der Waals surface area (Å²) < 4.78 is 13.3. The van der Waals surface area contributed by atoms with Crippen molar-refractivity contribution >= 4 is 29.9 Å². The van der Waals surface area contributed by atoms with Gasteiger partial charge in [-0.1, -0.05) is 30.5 Å². The Balaban J connectivity index is 0.00000200. The number of nitrogens with two attached hydrogens (primary N) is 1. The van der Waals surface area contributed by atoms with Crippen LogP contribution in [0, 0.1) is 11.7 Å². The zero-order valence-electron chi connectivity index (χ0n) is 11.1. The molecule has 112 valence electrons. The van der Waals surface area contributed by atoms with Crippen LogP contribution in [0.15, 0.2) is 18.2 Å². The Morgan fingerprint density at radius 1 is 1.40 bits per heavy atom. The fourth-order valence-corrected chi connectivity index (χ4v) is 2.82. The molecule has 0 aliphatic heterocycles. The number of nitrogens with one attached hydrogen (secondary N) is 1. The summed E-state index contributed by atoms with van der Waals surface area (Å²) >= 11 is 5.82. The molecule has 0 aromatic heterocycles. The summed E-state index contributed by atoms with van der Waals surface area (Å²) in [7, 11) is 0. The van der Waals surface area contributed by atoms with Crippen LogP contribution in [-0.2, 0) is 0 Å². The number of halogens is 3. The zero-order valence-corrected chi connectivity index (χ0v) is 12.6.